The van der Waals surface area contributed by atoms with Crippen LogP contribution in [0.5, 0.6) is 0 Å². The van der Waals surface area contributed by atoms with Gasteiger partial charge >= 0.3 is 0 Å². The first kappa shape index (κ1) is 16.5. The molecule has 2 saturated heterocycles. The van der Waals surface area contributed by atoms with E-state index in [-0.39, 0.29) is 5.54 Å². The van der Waals surface area contributed by atoms with Gasteiger partial charge in [-0.05, 0) is 19.1 Å². The summed E-state index contributed by atoms with van der Waals surface area (Å²) < 4.78 is 5.49. The standard InChI is InChI=1S/C15H26N4OS/c1-3-6-17-14(16-4-2)18-12-15(5-11-21-13-15)19-7-9-20-10-8-19/h1H,4-13H2,2H3,(H2,16,17,18). The Labute approximate surface area is 132 Å². The van der Waals surface area contributed by atoms with Crippen molar-refractivity contribution in [1.29, 1.82) is 0 Å². The molecule has 2 N–H and O–H groups in total. The molecular weight excluding hydrogens is 284 g/mol. The molecule has 2 rings (SSSR count). The third-order valence-electron chi connectivity index (χ3n) is 4.00. The maximum Gasteiger partial charge on any atom is 0.192 e. The molecule has 0 spiro atoms. The van der Waals surface area contributed by atoms with Gasteiger partial charge in [0.05, 0.1) is 31.8 Å². The van der Waals surface area contributed by atoms with E-state index >= 15 is 0 Å². The van der Waals surface area contributed by atoms with Gasteiger partial charge in [-0.15, -0.1) is 6.42 Å². The smallest absolute Gasteiger partial charge is 0.192 e. The first-order valence-electron chi connectivity index (χ1n) is 7.67. The molecule has 2 fully saturated rings. The minimum absolute atomic E-state index is 0.187. The highest BCUT2D eigenvalue weighted by Crippen LogP contribution is 2.34. The number of aliphatic imine (C=N–C) groups is 1. The van der Waals surface area contributed by atoms with Crippen molar-refractivity contribution in [2.75, 3.05) is 57.4 Å². The predicted octanol–water partition coefficient (Wildman–Crippen LogP) is 0.383. The summed E-state index contributed by atoms with van der Waals surface area (Å²) in [7, 11) is 0. The summed E-state index contributed by atoms with van der Waals surface area (Å²) in [5.41, 5.74) is 0.187. The Morgan fingerprint density at radius 3 is 2.86 bits per heavy atom. The van der Waals surface area contributed by atoms with Crippen LogP contribution in [0.1, 0.15) is 13.3 Å². The molecule has 2 heterocycles. The van der Waals surface area contributed by atoms with Crippen LogP contribution in [0.25, 0.3) is 0 Å². The lowest BCUT2D eigenvalue weighted by atomic mass is 9.96. The molecule has 0 amide bonds. The Hall–Kier alpha value is -0.900. The van der Waals surface area contributed by atoms with Crippen LogP contribution in [0.3, 0.4) is 0 Å². The summed E-state index contributed by atoms with van der Waals surface area (Å²) in [5, 5.41) is 6.42. The fourth-order valence-corrected chi connectivity index (χ4v) is 4.28. The Kier molecular flexibility index (Phi) is 6.68. The molecule has 0 aromatic rings. The van der Waals surface area contributed by atoms with Crippen molar-refractivity contribution in [3.05, 3.63) is 0 Å². The summed E-state index contributed by atoms with van der Waals surface area (Å²) >= 11 is 2.03. The first-order chi connectivity index (χ1) is 10.3. The Balaban J connectivity index is 2.02. The van der Waals surface area contributed by atoms with E-state index in [1.165, 1.54) is 12.2 Å². The number of nitrogens with one attached hydrogen (secondary N) is 2. The molecular formula is C15H26N4OS. The summed E-state index contributed by atoms with van der Waals surface area (Å²) in [6.45, 7) is 7.95. The first-order valence-corrected chi connectivity index (χ1v) is 8.82. The molecule has 2 aliphatic heterocycles. The van der Waals surface area contributed by atoms with E-state index in [0.717, 1.165) is 51.1 Å². The number of guanidine groups is 1. The van der Waals surface area contributed by atoms with Crippen LogP contribution in [0.4, 0.5) is 0 Å². The number of thioether (sulfide) groups is 1. The molecule has 5 nitrogen and oxygen atoms in total. The van der Waals surface area contributed by atoms with Crippen LogP contribution in [-0.4, -0.2) is 73.8 Å². The second-order valence-corrected chi connectivity index (χ2v) is 6.48. The largest absolute Gasteiger partial charge is 0.379 e. The zero-order valence-electron chi connectivity index (χ0n) is 12.9. The average Bonchev–Trinajstić information content (AvgIpc) is 3.01. The molecule has 2 aliphatic rings. The number of rotatable bonds is 5. The van der Waals surface area contributed by atoms with E-state index in [1.807, 2.05) is 11.8 Å². The molecule has 0 aromatic heterocycles. The van der Waals surface area contributed by atoms with Gasteiger partial charge in [-0.1, -0.05) is 5.92 Å². The molecule has 0 radical (unpaired) electrons. The van der Waals surface area contributed by atoms with Crippen molar-refractivity contribution < 1.29 is 4.74 Å². The second kappa shape index (κ2) is 8.52. The van der Waals surface area contributed by atoms with Crippen LogP contribution in [0.2, 0.25) is 0 Å². The Morgan fingerprint density at radius 2 is 2.24 bits per heavy atom. The lowest BCUT2D eigenvalue weighted by molar-refractivity contribution is -0.0104. The molecule has 6 heteroatoms. The topological polar surface area (TPSA) is 48.9 Å². The third kappa shape index (κ3) is 4.53. The molecule has 0 saturated carbocycles. The van der Waals surface area contributed by atoms with Gasteiger partial charge < -0.3 is 15.4 Å². The SMILES string of the molecule is C#CCNC(=NCC1(N2CCOCC2)CCSC1)NCC. The molecule has 0 aromatic carbocycles. The van der Waals surface area contributed by atoms with Gasteiger partial charge in [-0.2, -0.15) is 11.8 Å². The number of ether oxygens (including phenoxy) is 1. The minimum atomic E-state index is 0.187. The van der Waals surface area contributed by atoms with Crippen molar-refractivity contribution in [3.63, 3.8) is 0 Å². The number of hydrogen-bond acceptors (Lipinski definition) is 4. The van der Waals surface area contributed by atoms with Crippen LogP contribution in [0.15, 0.2) is 4.99 Å². The summed E-state index contributed by atoms with van der Waals surface area (Å²) in [5.74, 6) is 5.80. The van der Waals surface area contributed by atoms with Crippen molar-refractivity contribution in [1.82, 2.24) is 15.5 Å². The van der Waals surface area contributed by atoms with Crippen molar-refractivity contribution in [3.8, 4) is 12.3 Å². The van der Waals surface area contributed by atoms with Gasteiger partial charge in [-0.3, -0.25) is 9.89 Å². The van der Waals surface area contributed by atoms with Crippen molar-refractivity contribution >= 4 is 17.7 Å². The van der Waals surface area contributed by atoms with Crippen molar-refractivity contribution in [2.45, 2.75) is 18.9 Å². The maximum absolute atomic E-state index is 5.49. The molecule has 118 valence electrons. The molecule has 0 aliphatic carbocycles. The monoisotopic (exact) mass is 310 g/mol. The molecule has 1 unspecified atom stereocenters. The fraction of sp³-hybridized carbons (Fsp3) is 0.800. The Morgan fingerprint density at radius 1 is 1.43 bits per heavy atom. The molecule has 0 bridgehead atoms. The van der Waals surface area contributed by atoms with Crippen LogP contribution < -0.4 is 10.6 Å². The van der Waals surface area contributed by atoms with Gasteiger partial charge in [0.1, 0.15) is 0 Å². The molecule has 1 atom stereocenters. The zero-order chi connectivity index (χ0) is 15.0. The third-order valence-corrected chi connectivity index (χ3v) is 5.23. The van der Waals surface area contributed by atoms with E-state index < -0.39 is 0 Å². The van der Waals surface area contributed by atoms with Gasteiger partial charge in [-0.25, -0.2) is 0 Å². The lowest BCUT2D eigenvalue weighted by Gasteiger charge is -2.42. The van der Waals surface area contributed by atoms with E-state index in [0.29, 0.717) is 6.54 Å². The van der Waals surface area contributed by atoms with Crippen LogP contribution in [-0.2, 0) is 4.74 Å². The fourth-order valence-electron chi connectivity index (χ4n) is 2.81. The minimum Gasteiger partial charge on any atom is -0.379 e. The van der Waals surface area contributed by atoms with E-state index in [2.05, 4.69) is 28.4 Å². The normalized spacial score (nSPS) is 27.3. The lowest BCUT2D eigenvalue weighted by Crippen LogP contribution is -2.56. The number of hydrogen-bond donors (Lipinski definition) is 2. The van der Waals surface area contributed by atoms with Crippen molar-refractivity contribution in [2.24, 2.45) is 4.99 Å². The highest BCUT2D eigenvalue weighted by Gasteiger charge is 2.40. The average molecular weight is 310 g/mol. The Bertz CT molecular complexity index is 382. The predicted molar refractivity (Wildman–Crippen MR) is 89.9 cm³/mol. The van der Waals surface area contributed by atoms with E-state index in [4.69, 9.17) is 16.2 Å². The second-order valence-electron chi connectivity index (χ2n) is 5.38. The van der Waals surface area contributed by atoms with Gasteiger partial charge in [0.15, 0.2) is 5.96 Å². The highest BCUT2D eigenvalue weighted by atomic mass is 32.2. The quantitative estimate of drug-likeness (QED) is 0.437. The molecule has 21 heavy (non-hydrogen) atoms. The number of terminal acetylenes is 1. The highest BCUT2D eigenvalue weighted by molar-refractivity contribution is 7.99. The zero-order valence-corrected chi connectivity index (χ0v) is 13.7. The number of nitrogens with zero attached hydrogens (tertiary/aromatic N) is 2. The summed E-state index contributed by atoms with van der Waals surface area (Å²) in [6.07, 6.45) is 6.52. The van der Waals surface area contributed by atoms with Crippen LogP contribution in [0, 0.1) is 12.3 Å². The van der Waals surface area contributed by atoms with E-state index in [9.17, 15) is 0 Å². The van der Waals surface area contributed by atoms with Gasteiger partial charge in [0.2, 0.25) is 0 Å². The van der Waals surface area contributed by atoms with E-state index in [1.54, 1.807) is 0 Å². The van der Waals surface area contributed by atoms with Crippen LogP contribution >= 0.6 is 11.8 Å². The maximum atomic E-state index is 5.49. The number of morpholine rings is 1. The summed E-state index contributed by atoms with van der Waals surface area (Å²) in [4.78, 5) is 7.36. The summed E-state index contributed by atoms with van der Waals surface area (Å²) in [6, 6.07) is 0. The van der Waals surface area contributed by atoms with Gasteiger partial charge in [0.25, 0.3) is 0 Å². The van der Waals surface area contributed by atoms with Gasteiger partial charge in [0, 0.05) is 25.4 Å².